The molecule has 1 fully saturated rings. The molecule has 0 aromatic heterocycles. The van der Waals surface area contributed by atoms with Gasteiger partial charge in [-0.25, -0.2) is 4.39 Å². The average molecular weight is 348 g/mol. The van der Waals surface area contributed by atoms with Crippen LogP contribution in [0.3, 0.4) is 0 Å². The highest BCUT2D eigenvalue weighted by atomic mass is 35.5. The van der Waals surface area contributed by atoms with E-state index in [-0.39, 0.29) is 5.82 Å². The van der Waals surface area contributed by atoms with E-state index in [0.29, 0.717) is 49.1 Å². The van der Waals surface area contributed by atoms with Crippen LogP contribution < -0.4 is 10.3 Å². The maximum absolute atomic E-state index is 14.3. The molecule has 126 valence electrons. The minimum absolute atomic E-state index is 0.237. The largest absolute Gasteiger partial charge is 0.378 e. The van der Waals surface area contributed by atoms with Gasteiger partial charge in [0.15, 0.2) is 0 Å². The highest BCUT2D eigenvalue weighted by molar-refractivity contribution is 6.30. The third-order valence-electron chi connectivity index (χ3n) is 3.82. The minimum atomic E-state index is -0.237. The summed E-state index contributed by atoms with van der Waals surface area (Å²) < 4.78 is 19.6. The van der Waals surface area contributed by atoms with Crippen LogP contribution in [0.5, 0.6) is 0 Å². The molecule has 0 spiro atoms. The lowest BCUT2D eigenvalue weighted by molar-refractivity contribution is 0.122. The Kier molecular flexibility index (Phi) is 5.67. The van der Waals surface area contributed by atoms with E-state index >= 15 is 0 Å². The van der Waals surface area contributed by atoms with Crippen molar-refractivity contribution in [1.29, 1.82) is 0 Å². The Hall–Kier alpha value is -2.11. The predicted octanol–water partition coefficient (Wildman–Crippen LogP) is 3.44. The van der Waals surface area contributed by atoms with Gasteiger partial charge in [-0.3, -0.25) is 0 Å². The quantitative estimate of drug-likeness (QED) is 0.665. The van der Waals surface area contributed by atoms with Crippen LogP contribution >= 0.6 is 11.6 Å². The van der Waals surface area contributed by atoms with Crippen molar-refractivity contribution >= 4 is 23.5 Å². The molecule has 0 bridgehead atoms. The van der Waals surface area contributed by atoms with Crippen LogP contribution in [0.2, 0.25) is 5.02 Å². The summed E-state index contributed by atoms with van der Waals surface area (Å²) in [7, 11) is 0. The zero-order chi connectivity index (χ0) is 16.8. The van der Waals surface area contributed by atoms with Gasteiger partial charge >= 0.3 is 0 Å². The highest BCUT2D eigenvalue weighted by Crippen LogP contribution is 2.21. The number of nitrogens with one attached hydrogen (secondary N) is 1. The van der Waals surface area contributed by atoms with Crippen molar-refractivity contribution in [2.45, 2.75) is 6.54 Å². The lowest BCUT2D eigenvalue weighted by Gasteiger charge is -2.29. The molecule has 2 aromatic carbocycles. The number of benzene rings is 2. The van der Waals surface area contributed by atoms with Crippen LogP contribution in [0, 0.1) is 5.82 Å². The number of hydrazone groups is 1. The van der Waals surface area contributed by atoms with Gasteiger partial charge < -0.3 is 15.1 Å². The van der Waals surface area contributed by atoms with Crippen LogP contribution in [-0.4, -0.2) is 32.5 Å². The summed E-state index contributed by atoms with van der Waals surface area (Å²) >= 11 is 5.84. The SMILES string of the molecule is Fc1cc(/C=N\NCc2ccc(Cl)cc2)ccc1N1CCOCC1. The van der Waals surface area contributed by atoms with Crippen molar-refractivity contribution in [3.8, 4) is 0 Å². The molecule has 2 aromatic rings. The van der Waals surface area contributed by atoms with Crippen molar-refractivity contribution in [2.24, 2.45) is 5.10 Å². The Morgan fingerprint density at radius 1 is 1.17 bits per heavy atom. The van der Waals surface area contributed by atoms with Crippen molar-refractivity contribution in [1.82, 2.24) is 5.43 Å². The van der Waals surface area contributed by atoms with Gasteiger partial charge in [-0.1, -0.05) is 29.8 Å². The molecule has 0 amide bonds. The first-order chi connectivity index (χ1) is 11.7. The molecule has 6 heteroatoms. The molecule has 0 saturated carbocycles. The number of anilines is 1. The van der Waals surface area contributed by atoms with Crippen LogP contribution in [0.4, 0.5) is 10.1 Å². The van der Waals surface area contributed by atoms with Gasteiger partial charge in [0.05, 0.1) is 31.7 Å². The maximum atomic E-state index is 14.3. The van der Waals surface area contributed by atoms with Gasteiger partial charge in [-0.15, -0.1) is 0 Å². The third kappa shape index (κ3) is 4.46. The van der Waals surface area contributed by atoms with Crippen LogP contribution in [-0.2, 0) is 11.3 Å². The number of morpholine rings is 1. The molecule has 4 nitrogen and oxygen atoms in total. The number of hydrogen-bond acceptors (Lipinski definition) is 4. The Balaban J connectivity index is 1.56. The van der Waals surface area contributed by atoms with E-state index in [1.165, 1.54) is 6.07 Å². The minimum Gasteiger partial charge on any atom is -0.378 e. The zero-order valence-electron chi connectivity index (χ0n) is 13.2. The van der Waals surface area contributed by atoms with Crippen molar-refractivity contribution in [3.05, 3.63) is 64.4 Å². The fourth-order valence-electron chi connectivity index (χ4n) is 2.52. The highest BCUT2D eigenvalue weighted by Gasteiger charge is 2.14. The number of ether oxygens (including phenoxy) is 1. The van der Waals surface area contributed by atoms with E-state index < -0.39 is 0 Å². The summed E-state index contributed by atoms with van der Waals surface area (Å²) in [6, 6.07) is 12.7. The Morgan fingerprint density at radius 2 is 1.92 bits per heavy atom. The van der Waals surface area contributed by atoms with Crippen LogP contribution in [0.15, 0.2) is 47.6 Å². The molecule has 0 atom stereocenters. The molecule has 1 aliphatic rings. The van der Waals surface area contributed by atoms with Crippen LogP contribution in [0.25, 0.3) is 0 Å². The van der Waals surface area contributed by atoms with Gasteiger partial charge in [0.2, 0.25) is 0 Å². The van der Waals surface area contributed by atoms with Crippen molar-refractivity contribution < 1.29 is 9.13 Å². The van der Waals surface area contributed by atoms with Gasteiger partial charge in [0.25, 0.3) is 0 Å². The van der Waals surface area contributed by atoms with E-state index in [4.69, 9.17) is 16.3 Å². The van der Waals surface area contributed by atoms with Crippen LogP contribution in [0.1, 0.15) is 11.1 Å². The molecular weight excluding hydrogens is 329 g/mol. The first-order valence-electron chi connectivity index (χ1n) is 7.85. The topological polar surface area (TPSA) is 36.9 Å². The van der Waals surface area contributed by atoms with Gasteiger partial charge in [-0.2, -0.15) is 5.10 Å². The summed E-state index contributed by atoms with van der Waals surface area (Å²) in [5, 5.41) is 4.84. The number of halogens is 2. The zero-order valence-corrected chi connectivity index (χ0v) is 14.0. The molecule has 0 radical (unpaired) electrons. The number of nitrogens with zero attached hydrogens (tertiary/aromatic N) is 2. The number of rotatable bonds is 5. The second-order valence-electron chi connectivity index (χ2n) is 5.53. The Labute approximate surface area is 145 Å². The molecule has 1 heterocycles. The molecular formula is C18H19ClFN3O. The summed E-state index contributed by atoms with van der Waals surface area (Å²) in [5.41, 5.74) is 5.35. The Morgan fingerprint density at radius 3 is 2.62 bits per heavy atom. The number of hydrogen-bond donors (Lipinski definition) is 1. The molecule has 0 unspecified atom stereocenters. The van der Waals surface area contributed by atoms with Crippen molar-refractivity contribution in [3.63, 3.8) is 0 Å². The summed E-state index contributed by atoms with van der Waals surface area (Å²) in [5.74, 6) is -0.237. The standard InChI is InChI=1S/C18H19ClFN3O/c19-16-4-1-14(2-5-16)12-21-22-13-15-3-6-18(17(20)11-15)23-7-9-24-10-8-23/h1-6,11,13,21H,7-10,12H2/b22-13-. The second-order valence-corrected chi connectivity index (χ2v) is 5.97. The summed E-state index contributed by atoms with van der Waals surface area (Å²) in [6.45, 7) is 3.29. The van der Waals surface area contributed by atoms with Gasteiger partial charge in [-0.05, 0) is 35.4 Å². The lowest BCUT2D eigenvalue weighted by Crippen LogP contribution is -2.36. The third-order valence-corrected chi connectivity index (χ3v) is 4.08. The summed E-state index contributed by atoms with van der Waals surface area (Å²) in [4.78, 5) is 2.00. The van der Waals surface area contributed by atoms with E-state index in [0.717, 1.165) is 5.56 Å². The average Bonchev–Trinajstić information content (AvgIpc) is 2.61. The molecule has 0 aliphatic carbocycles. The molecule has 3 rings (SSSR count). The van der Waals surface area contributed by atoms with E-state index in [1.54, 1.807) is 12.3 Å². The molecule has 24 heavy (non-hydrogen) atoms. The van der Waals surface area contributed by atoms with E-state index in [2.05, 4.69) is 10.5 Å². The van der Waals surface area contributed by atoms with Gasteiger partial charge in [0, 0.05) is 18.1 Å². The molecule has 1 N–H and O–H groups in total. The second kappa shape index (κ2) is 8.13. The fraction of sp³-hybridized carbons (Fsp3) is 0.278. The first kappa shape index (κ1) is 16.7. The van der Waals surface area contributed by atoms with E-state index in [1.807, 2.05) is 35.2 Å². The predicted molar refractivity (Wildman–Crippen MR) is 95.3 cm³/mol. The normalized spacial score (nSPS) is 15.0. The fourth-order valence-corrected chi connectivity index (χ4v) is 2.65. The van der Waals surface area contributed by atoms with Crippen molar-refractivity contribution in [2.75, 3.05) is 31.2 Å². The molecule has 1 aliphatic heterocycles. The lowest BCUT2D eigenvalue weighted by atomic mass is 10.2. The monoisotopic (exact) mass is 347 g/mol. The first-order valence-corrected chi connectivity index (χ1v) is 8.23. The van der Waals surface area contributed by atoms with E-state index in [9.17, 15) is 4.39 Å². The summed E-state index contributed by atoms with van der Waals surface area (Å²) in [6.07, 6.45) is 1.61. The van der Waals surface area contributed by atoms with Gasteiger partial charge in [0.1, 0.15) is 5.82 Å². The maximum Gasteiger partial charge on any atom is 0.147 e. The Bertz CT molecular complexity index is 700. The smallest absolute Gasteiger partial charge is 0.147 e. The molecule has 1 saturated heterocycles.